The number of fused-ring (bicyclic) bond motifs is 2. The van der Waals surface area contributed by atoms with Gasteiger partial charge >= 0.3 is 0 Å². The molecule has 3 aliphatic rings. The molecular weight excluding hydrogens is 278 g/mol. The number of carbonyl (C=O) groups is 1. The first-order valence-corrected chi connectivity index (χ1v) is 8.32. The second kappa shape index (κ2) is 5.97. The molecule has 22 heavy (non-hydrogen) atoms. The van der Waals surface area contributed by atoms with Gasteiger partial charge in [0.25, 0.3) is 0 Å². The third kappa shape index (κ3) is 3.15. The number of amides is 1. The summed E-state index contributed by atoms with van der Waals surface area (Å²) in [6, 6.07) is 4.07. The summed E-state index contributed by atoms with van der Waals surface area (Å²) >= 11 is 0. The Morgan fingerprint density at radius 1 is 1.41 bits per heavy atom. The van der Waals surface area contributed by atoms with E-state index >= 15 is 0 Å². The van der Waals surface area contributed by atoms with Crippen molar-refractivity contribution in [1.82, 2.24) is 15.2 Å². The molecule has 1 N–H and O–H groups in total. The monoisotopic (exact) mass is 301 g/mol. The Bertz CT molecular complexity index is 532. The summed E-state index contributed by atoms with van der Waals surface area (Å²) in [5.41, 5.74) is 1.22. The van der Waals surface area contributed by atoms with Gasteiger partial charge in [-0.15, -0.1) is 0 Å². The minimum absolute atomic E-state index is 0.0302. The van der Waals surface area contributed by atoms with Crippen LogP contribution in [-0.2, 0) is 16.1 Å². The number of carbonyl (C=O) groups excluding carboxylic acids is 1. The molecule has 1 saturated carbocycles. The standard InChI is InChI=1S/C17H23N3O2/c21-17(19-8-12-3-4-12)15-6-14-10-20(11-16(15)22-14)9-13-2-1-5-18-7-13/h1-2,5,7,12,14-16H,3-4,6,8-11H2,(H,19,21)/t14-,15-,16+/m0/s1. The largest absolute Gasteiger partial charge is 0.371 e. The van der Waals surface area contributed by atoms with Gasteiger partial charge < -0.3 is 10.1 Å². The first kappa shape index (κ1) is 14.2. The molecule has 2 saturated heterocycles. The van der Waals surface area contributed by atoms with Crippen LogP contribution in [0.4, 0.5) is 0 Å². The van der Waals surface area contributed by atoms with Crippen molar-refractivity contribution in [2.24, 2.45) is 11.8 Å². The van der Waals surface area contributed by atoms with Crippen molar-refractivity contribution in [1.29, 1.82) is 0 Å². The second-order valence-electron chi connectivity index (χ2n) is 6.88. The van der Waals surface area contributed by atoms with Gasteiger partial charge in [0.15, 0.2) is 0 Å². The van der Waals surface area contributed by atoms with E-state index in [9.17, 15) is 4.79 Å². The highest BCUT2D eigenvalue weighted by Gasteiger charge is 2.44. The maximum Gasteiger partial charge on any atom is 0.225 e. The van der Waals surface area contributed by atoms with E-state index in [-0.39, 0.29) is 24.0 Å². The third-order valence-corrected chi connectivity index (χ3v) is 4.96. The predicted octanol–water partition coefficient (Wildman–Crippen LogP) is 1.20. The van der Waals surface area contributed by atoms with E-state index in [2.05, 4.69) is 21.3 Å². The molecule has 1 aromatic rings. The molecule has 5 heteroatoms. The number of nitrogens with zero attached hydrogens (tertiary/aromatic N) is 2. The zero-order valence-corrected chi connectivity index (χ0v) is 12.8. The quantitative estimate of drug-likeness (QED) is 0.888. The number of ether oxygens (including phenoxy) is 1. The van der Waals surface area contributed by atoms with E-state index in [4.69, 9.17) is 4.74 Å². The van der Waals surface area contributed by atoms with Crippen LogP contribution >= 0.6 is 0 Å². The molecule has 3 fully saturated rings. The van der Waals surface area contributed by atoms with E-state index in [0.717, 1.165) is 38.5 Å². The number of rotatable bonds is 5. The van der Waals surface area contributed by atoms with Crippen LogP contribution in [0.25, 0.3) is 0 Å². The van der Waals surface area contributed by atoms with Gasteiger partial charge in [0.1, 0.15) is 0 Å². The van der Waals surface area contributed by atoms with Gasteiger partial charge in [-0.1, -0.05) is 6.07 Å². The fourth-order valence-electron chi connectivity index (χ4n) is 3.59. The van der Waals surface area contributed by atoms with Gasteiger partial charge in [-0.2, -0.15) is 0 Å². The van der Waals surface area contributed by atoms with E-state index in [0.29, 0.717) is 0 Å². The Kier molecular flexibility index (Phi) is 3.84. The molecular formula is C17H23N3O2. The molecule has 2 bridgehead atoms. The lowest BCUT2D eigenvalue weighted by Gasteiger charge is -2.32. The molecule has 3 heterocycles. The lowest BCUT2D eigenvalue weighted by molar-refractivity contribution is -0.128. The molecule has 0 aromatic carbocycles. The number of aromatic nitrogens is 1. The van der Waals surface area contributed by atoms with Crippen molar-refractivity contribution < 1.29 is 9.53 Å². The SMILES string of the molecule is O=C(NCC1CC1)[C@H]1C[C@H]2CN(Cc3cccnc3)C[C@H]1O2. The van der Waals surface area contributed by atoms with E-state index < -0.39 is 0 Å². The minimum Gasteiger partial charge on any atom is -0.371 e. The molecule has 0 spiro atoms. The maximum atomic E-state index is 12.4. The topological polar surface area (TPSA) is 54.5 Å². The second-order valence-corrected chi connectivity index (χ2v) is 6.88. The van der Waals surface area contributed by atoms with Crippen LogP contribution in [0.5, 0.6) is 0 Å². The third-order valence-electron chi connectivity index (χ3n) is 4.96. The number of morpholine rings is 1. The predicted molar refractivity (Wildman–Crippen MR) is 82.0 cm³/mol. The molecule has 0 radical (unpaired) electrons. The van der Waals surface area contributed by atoms with Crippen LogP contribution in [0, 0.1) is 11.8 Å². The number of nitrogens with one attached hydrogen (secondary N) is 1. The molecule has 1 amide bonds. The van der Waals surface area contributed by atoms with Crippen LogP contribution in [0.2, 0.25) is 0 Å². The molecule has 3 atom stereocenters. The van der Waals surface area contributed by atoms with Crippen molar-refractivity contribution in [3.63, 3.8) is 0 Å². The van der Waals surface area contributed by atoms with Crippen LogP contribution in [0.3, 0.4) is 0 Å². The summed E-state index contributed by atoms with van der Waals surface area (Å²) in [6.07, 6.45) is 7.37. The summed E-state index contributed by atoms with van der Waals surface area (Å²) in [4.78, 5) is 18.9. The summed E-state index contributed by atoms with van der Waals surface area (Å²) in [5, 5.41) is 3.12. The minimum atomic E-state index is 0.0302. The summed E-state index contributed by atoms with van der Waals surface area (Å²) in [5.74, 6) is 0.956. The highest BCUT2D eigenvalue weighted by atomic mass is 16.5. The van der Waals surface area contributed by atoms with Gasteiger partial charge in [-0.25, -0.2) is 0 Å². The van der Waals surface area contributed by atoms with Crippen LogP contribution in [-0.4, -0.2) is 47.6 Å². The van der Waals surface area contributed by atoms with Gasteiger partial charge in [-0.05, 0) is 36.8 Å². The molecule has 5 nitrogen and oxygen atoms in total. The summed E-state index contributed by atoms with van der Waals surface area (Å²) in [7, 11) is 0. The fourth-order valence-corrected chi connectivity index (χ4v) is 3.59. The first-order valence-electron chi connectivity index (χ1n) is 8.32. The lowest BCUT2D eigenvalue weighted by atomic mass is 9.99. The number of likely N-dealkylation sites (tertiary alicyclic amines) is 1. The highest BCUT2D eigenvalue weighted by Crippen LogP contribution is 2.33. The van der Waals surface area contributed by atoms with E-state index in [1.165, 1.54) is 18.4 Å². The van der Waals surface area contributed by atoms with E-state index in [1.54, 1.807) is 6.20 Å². The fraction of sp³-hybridized carbons (Fsp3) is 0.647. The van der Waals surface area contributed by atoms with Crippen molar-refractivity contribution in [3.05, 3.63) is 30.1 Å². The van der Waals surface area contributed by atoms with Crippen LogP contribution in [0.15, 0.2) is 24.5 Å². The Morgan fingerprint density at radius 2 is 2.32 bits per heavy atom. The Hall–Kier alpha value is -1.46. The molecule has 118 valence electrons. The average molecular weight is 301 g/mol. The lowest BCUT2D eigenvalue weighted by Crippen LogP contribution is -2.45. The molecule has 4 rings (SSSR count). The molecule has 1 aromatic heterocycles. The average Bonchev–Trinajstić information content (AvgIpc) is 3.30. The van der Waals surface area contributed by atoms with Crippen LogP contribution < -0.4 is 5.32 Å². The van der Waals surface area contributed by atoms with Crippen molar-refractivity contribution in [2.45, 2.75) is 38.0 Å². The summed E-state index contributed by atoms with van der Waals surface area (Å²) < 4.78 is 6.00. The maximum absolute atomic E-state index is 12.4. The molecule has 1 aliphatic carbocycles. The number of hydrogen-bond donors (Lipinski definition) is 1. The Balaban J connectivity index is 1.34. The zero-order chi connectivity index (χ0) is 14.9. The number of hydrogen-bond acceptors (Lipinski definition) is 4. The zero-order valence-electron chi connectivity index (χ0n) is 12.8. The normalized spacial score (nSPS) is 31.2. The Morgan fingerprint density at radius 3 is 3.09 bits per heavy atom. The van der Waals surface area contributed by atoms with Gasteiger partial charge in [0, 0.05) is 38.6 Å². The van der Waals surface area contributed by atoms with Crippen molar-refractivity contribution in [3.8, 4) is 0 Å². The molecule has 2 aliphatic heterocycles. The van der Waals surface area contributed by atoms with E-state index in [1.807, 2.05) is 12.3 Å². The highest BCUT2D eigenvalue weighted by molar-refractivity contribution is 5.79. The Labute approximate surface area is 131 Å². The smallest absolute Gasteiger partial charge is 0.225 e. The van der Waals surface area contributed by atoms with Gasteiger partial charge in [0.2, 0.25) is 5.91 Å². The van der Waals surface area contributed by atoms with Crippen molar-refractivity contribution >= 4 is 5.91 Å². The van der Waals surface area contributed by atoms with Crippen molar-refractivity contribution in [2.75, 3.05) is 19.6 Å². The summed E-state index contributed by atoms with van der Waals surface area (Å²) in [6.45, 7) is 3.50. The van der Waals surface area contributed by atoms with Gasteiger partial charge in [-0.3, -0.25) is 14.7 Å². The number of pyridine rings is 1. The molecule has 0 unspecified atom stereocenters. The van der Waals surface area contributed by atoms with Gasteiger partial charge in [0.05, 0.1) is 18.1 Å². The first-order chi connectivity index (χ1) is 10.8. The van der Waals surface area contributed by atoms with Crippen LogP contribution in [0.1, 0.15) is 24.8 Å².